The van der Waals surface area contributed by atoms with Crippen LogP contribution in [0.3, 0.4) is 0 Å². The Kier molecular flexibility index (Phi) is 1.99. The number of nitro groups is 1. The van der Waals surface area contributed by atoms with Gasteiger partial charge < -0.3 is 15.4 Å². The molecule has 1 amide bonds. The third-order valence-electron chi connectivity index (χ3n) is 0.939. The van der Waals surface area contributed by atoms with Crippen LogP contribution in [0.1, 0.15) is 6.92 Å². The predicted octanol–water partition coefficient (Wildman–Crippen LogP) is -0.0638. The number of hydrogen-bond acceptors (Lipinski definition) is 6. The largest absolute Gasteiger partial charge is 0.459 e. The molecule has 8 nitrogen and oxygen atoms in total. The monoisotopic (exact) mass is 172 g/mol. The molecule has 1 rings (SSSR count). The Morgan fingerprint density at radius 1 is 1.67 bits per heavy atom. The van der Waals surface area contributed by atoms with E-state index in [0.717, 1.165) is 0 Å². The van der Waals surface area contributed by atoms with Gasteiger partial charge in [0.05, 0.1) is 0 Å². The van der Waals surface area contributed by atoms with Crippen molar-refractivity contribution in [1.29, 1.82) is 0 Å². The number of nitrogens with one attached hydrogen (secondary N) is 1. The van der Waals surface area contributed by atoms with Crippen LogP contribution < -0.4 is 5.32 Å². The molecule has 1 heterocycles. The first kappa shape index (κ1) is 8.11. The van der Waals surface area contributed by atoms with Crippen molar-refractivity contribution < 1.29 is 14.3 Å². The molecule has 0 unspecified atom stereocenters. The number of aromatic nitrogens is 2. The molecule has 64 valence electrons. The Labute approximate surface area is 65.7 Å². The zero-order valence-electron chi connectivity index (χ0n) is 5.97. The first-order valence-corrected chi connectivity index (χ1v) is 2.86. The second-order valence-electron chi connectivity index (χ2n) is 1.87. The minimum absolute atomic E-state index is 0.285. The summed E-state index contributed by atoms with van der Waals surface area (Å²) >= 11 is 0. The number of anilines is 1. The quantitative estimate of drug-likeness (QED) is 0.493. The maximum atomic E-state index is 10.4. The Bertz CT molecular complexity index is 319. The lowest BCUT2D eigenvalue weighted by atomic mass is 10.6. The number of hydrogen-bond donors (Lipinski definition) is 1. The van der Waals surface area contributed by atoms with Crippen LogP contribution in [0.25, 0.3) is 0 Å². The summed E-state index contributed by atoms with van der Waals surface area (Å²) < 4.78 is 4.05. The third kappa shape index (κ3) is 1.54. The molecule has 0 aliphatic heterocycles. The van der Waals surface area contributed by atoms with Gasteiger partial charge in [-0.25, -0.2) is 0 Å². The highest BCUT2D eigenvalue weighted by Crippen LogP contribution is 2.17. The molecule has 0 saturated carbocycles. The van der Waals surface area contributed by atoms with Gasteiger partial charge in [-0.05, 0) is 4.92 Å². The van der Waals surface area contributed by atoms with Crippen molar-refractivity contribution in [3.05, 3.63) is 10.1 Å². The van der Waals surface area contributed by atoms with E-state index in [1.54, 1.807) is 0 Å². The van der Waals surface area contributed by atoms with E-state index in [1.165, 1.54) is 6.92 Å². The topological polar surface area (TPSA) is 111 Å². The number of carbonyl (C=O) groups excluding carboxylic acids is 1. The third-order valence-corrected chi connectivity index (χ3v) is 0.939. The fourth-order valence-corrected chi connectivity index (χ4v) is 0.549. The standard InChI is InChI=1S/C4H4N4O4/c1-2(9)5-3-4(8(10)11)7-12-6-3/h1H3,(H,5,6,9). The van der Waals surface area contributed by atoms with Gasteiger partial charge in [-0.2, -0.15) is 0 Å². The number of nitrogens with zero attached hydrogens (tertiary/aromatic N) is 3. The van der Waals surface area contributed by atoms with Crippen LogP contribution in [0.4, 0.5) is 11.6 Å². The number of amides is 1. The lowest BCUT2D eigenvalue weighted by molar-refractivity contribution is -0.390. The highest BCUT2D eigenvalue weighted by molar-refractivity contribution is 5.89. The summed E-state index contributed by atoms with van der Waals surface area (Å²) in [4.78, 5) is 19.8. The summed E-state index contributed by atoms with van der Waals surface area (Å²) in [5.74, 6) is -1.37. The molecule has 8 heteroatoms. The van der Waals surface area contributed by atoms with Crippen molar-refractivity contribution in [2.24, 2.45) is 0 Å². The second-order valence-corrected chi connectivity index (χ2v) is 1.87. The van der Waals surface area contributed by atoms with Gasteiger partial charge in [0, 0.05) is 12.1 Å². The first-order valence-electron chi connectivity index (χ1n) is 2.86. The molecule has 0 saturated heterocycles. The molecule has 0 aliphatic carbocycles. The van der Waals surface area contributed by atoms with E-state index >= 15 is 0 Å². The number of carbonyl (C=O) groups is 1. The first-order chi connectivity index (χ1) is 5.61. The Hall–Kier alpha value is -1.99. The van der Waals surface area contributed by atoms with Crippen molar-refractivity contribution in [2.75, 3.05) is 5.32 Å². The van der Waals surface area contributed by atoms with Crippen LogP contribution in [-0.2, 0) is 4.79 Å². The number of rotatable bonds is 2. The molecular formula is C4H4N4O4. The van der Waals surface area contributed by atoms with E-state index in [0.29, 0.717) is 0 Å². The van der Waals surface area contributed by atoms with Crippen LogP contribution in [0.5, 0.6) is 0 Å². The van der Waals surface area contributed by atoms with Gasteiger partial charge in [0.2, 0.25) is 5.91 Å². The van der Waals surface area contributed by atoms with Gasteiger partial charge in [0.1, 0.15) is 0 Å². The molecule has 1 N–H and O–H groups in total. The molecule has 0 aliphatic rings. The average molecular weight is 172 g/mol. The summed E-state index contributed by atoms with van der Waals surface area (Å²) in [5, 5.41) is 18.3. The second kappa shape index (κ2) is 2.95. The van der Waals surface area contributed by atoms with Crippen LogP contribution in [0.2, 0.25) is 0 Å². The summed E-state index contributed by atoms with van der Waals surface area (Å²) in [6.07, 6.45) is 0. The molecule has 0 radical (unpaired) electrons. The summed E-state index contributed by atoms with van der Waals surface area (Å²) in [6, 6.07) is 0. The highest BCUT2D eigenvalue weighted by atomic mass is 16.6. The Morgan fingerprint density at radius 2 is 2.33 bits per heavy atom. The maximum absolute atomic E-state index is 10.4. The van der Waals surface area contributed by atoms with Crippen LogP contribution in [0, 0.1) is 10.1 Å². The lowest BCUT2D eigenvalue weighted by Gasteiger charge is -1.91. The Balaban J connectivity index is 2.91. The van der Waals surface area contributed by atoms with Crippen molar-refractivity contribution in [2.45, 2.75) is 6.92 Å². The van der Waals surface area contributed by atoms with Crippen LogP contribution in [0.15, 0.2) is 4.63 Å². The fourth-order valence-electron chi connectivity index (χ4n) is 0.549. The Morgan fingerprint density at radius 3 is 2.83 bits per heavy atom. The van der Waals surface area contributed by atoms with E-state index in [2.05, 4.69) is 20.3 Å². The fraction of sp³-hybridized carbons (Fsp3) is 0.250. The van der Waals surface area contributed by atoms with Crippen LogP contribution >= 0.6 is 0 Å². The molecule has 12 heavy (non-hydrogen) atoms. The van der Waals surface area contributed by atoms with Crippen molar-refractivity contribution in [3.8, 4) is 0 Å². The zero-order valence-corrected chi connectivity index (χ0v) is 5.97. The summed E-state index contributed by atoms with van der Waals surface area (Å²) in [5.41, 5.74) is 0. The predicted molar refractivity (Wildman–Crippen MR) is 35.3 cm³/mol. The molecule has 0 spiro atoms. The van der Waals surface area contributed by atoms with Gasteiger partial charge in [-0.1, -0.05) is 0 Å². The van der Waals surface area contributed by atoms with Gasteiger partial charge in [-0.3, -0.25) is 4.79 Å². The summed E-state index contributed by atoms with van der Waals surface area (Å²) in [6.45, 7) is 1.19. The van der Waals surface area contributed by atoms with Crippen molar-refractivity contribution >= 4 is 17.5 Å². The van der Waals surface area contributed by atoms with E-state index < -0.39 is 16.6 Å². The minimum atomic E-state index is -0.804. The molecule has 1 aromatic rings. The maximum Gasteiger partial charge on any atom is 0.459 e. The van der Waals surface area contributed by atoms with Gasteiger partial charge in [0.25, 0.3) is 5.82 Å². The average Bonchev–Trinajstić information content (AvgIpc) is 2.33. The molecule has 0 atom stereocenters. The van der Waals surface area contributed by atoms with E-state index in [1.807, 2.05) is 0 Å². The van der Waals surface area contributed by atoms with E-state index in [9.17, 15) is 14.9 Å². The van der Waals surface area contributed by atoms with Gasteiger partial charge >= 0.3 is 5.82 Å². The highest BCUT2D eigenvalue weighted by Gasteiger charge is 2.22. The molecule has 0 fully saturated rings. The molecular weight excluding hydrogens is 168 g/mol. The minimum Gasteiger partial charge on any atom is -0.358 e. The van der Waals surface area contributed by atoms with Crippen LogP contribution in [-0.4, -0.2) is 21.1 Å². The van der Waals surface area contributed by atoms with Crippen molar-refractivity contribution in [1.82, 2.24) is 10.3 Å². The molecule has 0 aromatic carbocycles. The van der Waals surface area contributed by atoms with Gasteiger partial charge in [-0.15, -0.1) is 4.63 Å². The lowest BCUT2D eigenvalue weighted by Crippen LogP contribution is -2.07. The zero-order chi connectivity index (χ0) is 9.14. The molecule has 1 aromatic heterocycles. The van der Waals surface area contributed by atoms with E-state index in [4.69, 9.17) is 0 Å². The SMILES string of the molecule is CC(=O)Nc1nonc1[N+](=O)[O-]. The van der Waals surface area contributed by atoms with Gasteiger partial charge in [0.15, 0.2) is 5.16 Å². The van der Waals surface area contributed by atoms with E-state index in [-0.39, 0.29) is 5.82 Å². The van der Waals surface area contributed by atoms with Crippen molar-refractivity contribution in [3.63, 3.8) is 0 Å². The normalized spacial score (nSPS) is 9.42. The molecule has 0 bridgehead atoms. The summed E-state index contributed by atoms with van der Waals surface area (Å²) in [7, 11) is 0. The smallest absolute Gasteiger partial charge is 0.358 e.